The molecule has 0 saturated carbocycles. The fourth-order valence-corrected chi connectivity index (χ4v) is 2.16. The lowest BCUT2D eigenvalue weighted by Gasteiger charge is -2.17. The topological polar surface area (TPSA) is 60.0 Å². The van der Waals surface area contributed by atoms with Gasteiger partial charge in [0.1, 0.15) is 0 Å². The van der Waals surface area contributed by atoms with Crippen LogP contribution in [0, 0.1) is 0 Å². The van der Waals surface area contributed by atoms with Gasteiger partial charge in [-0.25, -0.2) is 0 Å². The van der Waals surface area contributed by atoms with Crippen molar-refractivity contribution in [3.8, 4) is 11.5 Å². The molecule has 126 valence electrons. The first kappa shape index (κ1) is 19.0. The molecule has 0 fully saturated rings. The number of aliphatic hydroxyl groups is 1. The molecular formula is C16H26ClNO4. The Kier molecular flexibility index (Phi) is 9.24. The van der Waals surface area contributed by atoms with E-state index < -0.39 is 0 Å². The lowest BCUT2D eigenvalue weighted by molar-refractivity contribution is 0.0938. The molecule has 0 bridgehead atoms. The first-order valence-corrected chi connectivity index (χ1v) is 7.97. The van der Waals surface area contributed by atoms with Gasteiger partial charge in [-0.05, 0) is 38.5 Å². The maximum Gasteiger partial charge on any atom is 0.180 e. The first-order chi connectivity index (χ1) is 10.6. The molecule has 1 rings (SSSR count). The summed E-state index contributed by atoms with van der Waals surface area (Å²) in [5.41, 5.74) is 1.02. The van der Waals surface area contributed by atoms with Gasteiger partial charge in [-0.3, -0.25) is 0 Å². The van der Waals surface area contributed by atoms with Gasteiger partial charge in [0.15, 0.2) is 11.5 Å². The van der Waals surface area contributed by atoms with Gasteiger partial charge in [0.25, 0.3) is 0 Å². The second kappa shape index (κ2) is 10.7. The summed E-state index contributed by atoms with van der Waals surface area (Å²) in [6, 6.07) is 3.82. The Morgan fingerprint density at radius 2 is 2.05 bits per heavy atom. The Hall–Kier alpha value is -1.01. The van der Waals surface area contributed by atoms with Crippen LogP contribution in [0.3, 0.4) is 0 Å². The predicted octanol–water partition coefficient (Wildman–Crippen LogP) is 2.62. The standard InChI is InChI=1S/C16H26ClNO4/c1-4-21-15-10-13(11-18-5-7-20-8-6-19)9-14(17)16(15)22-12(2)3/h9-10,12,18-19H,4-8,11H2,1-3H3. The van der Waals surface area contributed by atoms with E-state index in [0.717, 1.165) is 5.56 Å². The lowest BCUT2D eigenvalue weighted by atomic mass is 10.2. The average Bonchev–Trinajstić information content (AvgIpc) is 2.46. The molecule has 0 heterocycles. The number of aliphatic hydroxyl groups excluding tert-OH is 1. The van der Waals surface area contributed by atoms with Crippen molar-refractivity contribution in [1.82, 2.24) is 5.32 Å². The highest BCUT2D eigenvalue weighted by atomic mass is 35.5. The molecule has 5 nitrogen and oxygen atoms in total. The van der Waals surface area contributed by atoms with E-state index in [1.165, 1.54) is 0 Å². The molecule has 0 spiro atoms. The summed E-state index contributed by atoms with van der Waals surface area (Å²) in [6.07, 6.45) is 0.0318. The summed E-state index contributed by atoms with van der Waals surface area (Å²) in [5.74, 6) is 1.26. The van der Waals surface area contributed by atoms with Crippen molar-refractivity contribution in [2.24, 2.45) is 0 Å². The number of hydrogen-bond donors (Lipinski definition) is 2. The largest absolute Gasteiger partial charge is 0.490 e. The van der Waals surface area contributed by atoms with Crippen LogP contribution in [-0.2, 0) is 11.3 Å². The van der Waals surface area contributed by atoms with E-state index in [0.29, 0.717) is 49.4 Å². The molecule has 1 aromatic rings. The van der Waals surface area contributed by atoms with E-state index in [4.69, 9.17) is 30.9 Å². The fraction of sp³-hybridized carbons (Fsp3) is 0.625. The van der Waals surface area contributed by atoms with Crippen molar-refractivity contribution < 1.29 is 19.3 Å². The summed E-state index contributed by atoms with van der Waals surface area (Å²) in [5, 5.41) is 12.4. The zero-order valence-electron chi connectivity index (χ0n) is 13.5. The average molecular weight is 332 g/mol. The van der Waals surface area contributed by atoms with Gasteiger partial charge < -0.3 is 24.6 Å². The van der Waals surface area contributed by atoms with Crippen LogP contribution in [0.2, 0.25) is 5.02 Å². The van der Waals surface area contributed by atoms with Crippen LogP contribution in [0.15, 0.2) is 12.1 Å². The van der Waals surface area contributed by atoms with Gasteiger partial charge >= 0.3 is 0 Å². The zero-order valence-corrected chi connectivity index (χ0v) is 14.3. The van der Waals surface area contributed by atoms with Crippen LogP contribution in [0.5, 0.6) is 11.5 Å². The maximum atomic E-state index is 8.61. The second-order valence-electron chi connectivity index (χ2n) is 5.02. The van der Waals surface area contributed by atoms with Crippen LogP contribution in [-0.4, -0.2) is 44.2 Å². The van der Waals surface area contributed by atoms with Crippen molar-refractivity contribution in [3.63, 3.8) is 0 Å². The molecule has 1 aromatic carbocycles. The highest BCUT2D eigenvalue weighted by Crippen LogP contribution is 2.37. The summed E-state index contributed by atoms with van der Waals surface area (Å²) in [4.78, 5) is 0. The van der Waals surface area contributed by atoms with Crippen LogP contribution in [0.1, 0.15) is 26.3 Å². The van der Waals surface area contributed by atoms with E-state index in [-0.39, 0.29) is 12.7 Å². The Morgan fingerprint density at radius 3 is 2.68 bits per heavy atom. The van der Waals surface area contributed by atoms with Crippen molar-refractivity contribution in [2.75, 3.05) is 33.0 Å². The van der Waals surface area contributed by atoms with Gasteiger partial charge in [0.05, 0.1) is 37.6 Å². The number of benzene rings is 1. The molecule has 0 atom stereocenters. The number of hydrogen-bond acceptors (Lipinski definition) is 5. The lowest BCUT2D eigenvalue weighted by Crippen LogP contribution is -2.20. The number of nitrogens with one attached hydrogen (secondary N) is 1. The molecule has 0 amide bonds. The molecule has 22 heavy (non-hydrogen) atoms. The summed E-state index contributed by atoms with van der Waals surface area (Å²) >= 11 is 6.31. The number of rotatable bonds is 11. The third-order valence-electron chi connectivity index (χ3n) is 2.71. The van der Waals surface area contributed by atoms with E-state index >= 15 is 0 Å². The Balaban J connectivity index is 2.64. The van der Waals surface area contributed by atoms with Crippen LogP contribution < -0.4 is 14.8 Å². The van der Waals surface area contributed by atoms with Gasteiger partial charge in [0.2, 0.25) is 0 Å². The molecule has 0 aromatic heterocycles. The third-order valence-corrected chi connectivity index (χ3v) is 2.99. The number of ether oxygens (including phenoxy) is 3. The molecule has 0 aliphatic carbocycles. The van der Waals surface area contributed by atoms with E-state index in [2.05, 4.69) is 5.32 Å². The second-order valence-corrected chi connectivity index (χ2v) is 5.42. The van der Waals surface area contributed by atoms with Gasteiger partial charge in [-0.15, -0.1) is 0 Å². The van der Waals surface area contributed by atoms with Crippen LogP contribution >= 0.6 is 11.6 Å². The minimum absolute atomic E-state index is 0.0318. The zero-order chi connectivity index (χ0) is 16.4. The summed E-state index contributed by atoms with van der Waals surface area (Å²) in [6.45, 7) is 8.71. The van der Waals surface area contributed by atoms with Crippen molar-refractivity contribution in [1.29, 1.82) is 0 Å². The Labute approximate surface area is 137 Å². The molecule has 0 radical (unpaired) electrons. The minimum atomic E-state index is 0.0318. The highest BCUT2D eigenvalue weighted by Gasteiger charge is 2.13. The Morgan fingerprint density at radius 1 is 1.27 bits per heavy atom. The van der Waals surface area contributed by atoms with Crippen molar-refractivity contribution in [2.45, 2.75) is 33.4 Å². The van der Waals surface area contributed by atoms with Gasteiger partial charge in [0, 0.05) is 13.1 Å². The smallest absolute Gasteiger partial charge is 0.180 e. The molecule has 2 N–H and O–H groups in total. The van der Waals surface area contributed by atoms with Gasteiger partial charge in [-0.2, -0.15) is 0 Å². The molecule has 0 saturated heterocycles. The predicted molar refractivity (Wildman–Crippen MR) is 88.0 cm³/mol. The Bertz CT molecular complexity index is 440. The van der Waals surface area contributed by atoms with E-state index in [1.807, 2.05) is 32.9 Å². The normalized spacial score (nSPS) is 11.0. The van der Waals surface area contributed by atoms with Crippen LogP contribution in [0.4, 0.5) is 0 Å². The maximum absolute atomic E-state index is 8.61. The molecular weight excluding hydrogens is 306 g/mol. The van der Waals surface area contributed by atoms with Crippen LogP contribution in [0.25, 0.3) is 0 Å². The van der Waals surface area contributed by atoms with Gasteiger partial charge in [-0.1, -0.05) is 11.6 Å². The first-order valence-electron chi connectivity index (χ1n) is 7.59. The van der Waals surface area contributed by atoms with Crippen molar-refractivity contribution in [3.05, 3.63) is 22.7 Å². The highest BCUT2D eigenvalue weighted by molar-refractivity contribution is 6.32. The molecule has 0 aliphatic rings. The molecule has 0 aliphatic heterocycles. The molecule has 6 heteroatoms. The molecule has 0 unspecified atom stereocenters. The number of halogens is 1. The van der Waals surface area contributed by atoms with E-state index in [1.54, 1.807) is 0 Å². The minimum Gasteiger partial charge on any atom is -0.490 e. The van der Waals surface area contributed by atoms with Crippen molar-refractivity contribution >= 4 is 11.6 Å². The fourth-order valence-electron chi connectivity index (χ4n) is 1.88. The monoisotopic (exact) mass is 331 g/mol. The third kappa shape index (κ3) is 6.83. The summed E-state index contributed by atoms with van der Waals surface area (Å²) < 4.78 is 16.5. The van der Waals surface area contributed by atoms with E-state index in [9.17, 15) is 0 Å². The quantitative estimate of drug-likeness (QED) is 0.610. The SMILES string of the molecule is CCOc1cc(CNCCOCCO)cc(Cl)c1OC(C)C. The summed E-state index contributed by atoms with van der Waals surface area (Å²) in [7, 11) is 0.